The lowest BCUT2D eigenvalue weighted by Gasteiger charge is -2.15. The molecule has 11 heteroatoms. The lowest BCUT2D eigenvalue weighted by atomic mass is 10.1. The first kappa shape index (κ1) is 40.4. The minimum Gasteiger partial charge on any atom is -0.494 e. The number of nitrogens with one attached hydrogen (secondary N) is 1. The van der Waals surface area contributed by atoms with Gasteiger partial charge < -0.3 is 33.7 Å². The van der Waals surface area contributed by atoms with Crippen molar-refractivity contribution in [1.29, 1.82) is 0 Å². The highest BCUT2D eigenvalue weighted by molar-refractivity contribution is 5.92. The molecule has 0 atom stereocenters. The zero-order valence-electron chi connectivity index (χ0n) is 30.6. The van der Waals surface area contributed by atoms with Gasteiger partial charge in [0.1, 0.15) is 23.0 Å². The first-order valence-corrected chi connectivity index (χ1v) is 17.6. The molecule has 0 saturated heterocycles. The smallest absolute Gasteiger partial charge is 0.343 e. The van der Waals surface area contributed by atoms with Crippen LogP contribution in [0.1, 0.15) is 63.1 Å². The number of hydrogen-bond acceptors (Lipinski definition) is 11. The number of carbonyl (C=O) groups is 4. The van der Waals surface area contributed by atoms with Crippen molar-refractivity contribution in [3.8, 4) is 23.0 Å². The van der Waals surface area contributed by atoms with Crippen molar-refractivity contribution in [1.82, 2.24) is 0 Å². The average Bonchev–Trinajstić information content (AvgIpc) is 3.18. The third kappa shape index (κ3) is 13.3. The van der Waals surface area contributed by atoms with E-state index in [-0.39, 0.29) is 0 Å². The van der Waals surface area contributed by atoms with Gasteiger partial charge in [-0.25, -0.2) is 19.2 Å². The van der Waals surface area contributed by atoms with Crippen molar-refractivity contribution in [3.05, 3.63) is 138 Å². The van der Waals surface area contributed by atoms with E-state index in [9.17, 15) is 19.2 Å². The summed E-state index contributed by atoms with van der Waals surface area (Å²) >= 11 is 0. The van der Waals surface area contributed by atoms with E-state index in [0.717, 1.165) is 34.5 Å². The van der Waals surface area contributed by atoms with Crippen LogP contribution in [-0.4, -0.2) is 50.3 Å². The number of esters is 4. The highest BCUT2D eigenvalue weighted by atomic mass is 16.5. The van der Waals surface area contributed by atoms with Crippen LogP contribution in [0.2, 0.25) is 0 Å². The molecule has 4 aromatic carbocycles. The van der Waals surface area contributed by atoms with Gasteiger partial charge in [0, 0.05) is 24.4 Å². The molecular formula is C43H45NO10. The molecule has 0 bridgehead atoms. The second-order valence-electron chi connectivity index (χ2n) is 12.1. The van der Waals surface area contributed by atoms with Gasteiger partial charge in [0.25, 0.3) is 0 Å². The molecule has 0 saturated carbocycles. The largest absolute Gasteiger partial charge is 0.494 e. The first-order valence-electron chi connectivity index (χ1n) is 17.6. The zero-order chi connectivity index (χ0) is 38.7. The Kier molecular flexibility index (Phi) is 15.9. The number of hydrogen-bond donors (Lipinski definition) is 1. The molecular weight excluding hydrogens is 690 g/mol. The van der Waals surface area contributed by atoms with E-state index in [2.05, 4.69) is 18.5 Å². The molecule has 54 heavy (non-hydrogen) atoms. The molecule has 0 aliphatic rings. The minimum absolute atomic E-state index is 0.308. The summed E-state index contributed by atoms with van der Waals surface area (Å²) in [5, 5.41) is 3.42. The third-order valence-corrected chi connectivity index (χ3v) is 7.96. The summed E-state index contributed by atoms with van der Waals surface area (Å²) in [6.45, 7) is 12.6. The van der Waals surface area contributed by atoms with Gasteiger partial charge >= 0.3 is 23.9 Å². The van der Waals surface area contributed by atoms with E-state index in [4.69, 9.17) is 28.4 Å². The summed E-state index contributed by atoms with van der Waals surface area (Å²) in [5.41, 5.74) is 4.35. The summed E-state index contributed by atoms with van der Waals surface area (Å²) < 4.78 is 32.5. The summed E-state index contributed by atoms with van der Waals surface area (Å²) in [6.07, 6.45) is 5.02. The van der Waals surface area contributed by atoms with Crippen LogP contribution in [0.3, 0.4) is 0 Å². The van der Waals surface area contributed by atoms with E-state index < -0.39 is 23.9 Å². The van der Waals surface area contributed by atoms with Crippen molar-refractivity contribution in [2.75, 3.05) is 31.7 Å². The second kappa shape index (κ2) is 21.2. The molecule has 0 aliphatic heterocycles. The molecule has 1 N–H and O–H groups in total. The van der Waals surface area contributed by atoms with E-state index in [1.165, 1.54) is 0 Å². The van der Waals surface area contributed by atoms with Gasteiger partial charge in [-0.3, -0.25) is 0 Å². The maximum Gasteiger partial charge on any atom is 0.343 e. The Labute approximate surface area is 315 Å². The van der Waals surface area contributed by atoms with Crippen LogP contribution in [0.4, 0.5) is 5.69 Å². The predicted octanol–water partition coefficient (Wildman–Crippen LogP) is 8.13. The molecule has 0 radical (unpaired) electrons. The monoisotopic (exact) mass is 735 g/mol. The van der Waals surface area contributed by atoms with Crippen LogP contribution >= 0.6 is 0 Å². The Hall–Kier alpha value is -6.36. The van der Waals surface area contributed by atoms with Crippen LogP contribution in [0.25, 0.3) is 0 Å². The van der Waals surface area contributed by atoms with E-state index in [0.29, 0.717) is 92.8 Å². The van der Waals surface area contributed by atoms with Crippen LogP contribution in [-0.2, 0) is 25.6 Å². The van der Waals surface area contributed by atoms with Crippen LogP contribution in [0, 0.1) is 13.8 Å². The summed E-state index contributed by atoms with van der Waals surface area (Å²) in [4.78, 5) is 47.7. The predicted molar refractivity (Wildman–Crippen MR) is 204 cm³/mol. The average molecular weight is 736 g/mol. The number of benzene rings is 4. The summed E-state index contributed by atoms with van der Waals surface area (Å²) in [5.74, 6) is 0.287. The minimum atomic E-state index is -0.483. The SMILES string of the molecule is C=CC(=O)OCCCCOc1ccc(C(=O)Oc2ccc(CNc3cc(C)c(OC(=O)c4ccc(OCCCCOC(=O)C=C)cc4)cc3C)cc2)cc1. The van der Waals surface area contributed by atoms with Gasteiger partial charge in [0.05, 0.1) is 37.6 Å². The number of aryl methyl sites for hydroxylation is 2. The molecule has 282 valence electrons. The van der Waals surface area contributed by atoms with Crippen LogP contribution in [0.5, 0.6) is 23.0 Å². The van der Waals surface area contributed by atoms with Crippen LogP contribution in [0.15, 0.2) is 110 Å². The molecule has 0 heterocycles. The molecule has 0 amide bonds. The molecule has 0 aromatic heterocycles. The fourth-order valence-corrected chi connectivity index (χ4v) is 4.91. The fraction of sp³-hybridized carbons (Fsp3) is 0.256. The number of anilines is 1. The van der Waals surface area contributed by atoms with Gasteiger partial charge in [-0.15, -0.1) is 0 Å². The van der Waals surface area contributed by atoms with Gasteiger partial charge in [0.15, 0.2) is 0 Å². The normalized spacial score (nSPS) is 10.4. The molecule has 0 aliphatic carbocycles. The van der Waals surface area contributed by atoms with Crippen LogP contribution < -0.4 is 24.3 Å². The number of rotatable bonds is 21. The van der Waals surface area contributed by atoms with Gasteiger partial charge in [-0.2, -0.15) is 0 Å². The maximum atomic E-state index is 12.9. The van der Waals surface area contributed by atoms with Gasteiger partial charge in [0.2, 0.25) is 0 Å². The first-order chi connectivity index (χ1) is 26.1. The van der Waals surface area contributed by atoms with Gasteiger partial charge in [-0.1, -0.05) is 25.3 Å². The summed E-state index contributed by atoms with van der Waals surface area (Å²) in [7, 11) is 0. The summed E-state index contributed by atoms with van der Waals surface area (Å²) in [6, 6.07) is 24.4. The Bertz CT molecular complexity index is 1880. The maximum absolute atomic E-state index is 12.9. The lowest BCUT2D eigenvalue weighted by Crippen LogP contribution is -2.10. The Morgan fingerprint density at radius 1 is 0.574 bits per heavy atom. The van der Waals surface area contributed by atoms with Crippen molar-refractivity contribution in [3.63, 3.8) is 0 Å². The van der Waals surface area contributed by atoms with Crippen molar-refractivity contribution < 1.29 is 47.6 Å². The van der Waals surface area contributed by atoms with Crippen molar-refractivity contribution >= 4 is 29.6 Å². The Balaban J connectivity index is 1.19. The zero-order valence-corrected chi connectivity index (χ0v) is 30.6. The molecule has 4 rings (SSSR count). The van der Waals surface area contributed by atoms with Gasteiger partial charge in [-0.05, 0) is 129 Å². The highest BCUT2D eigenvalue weighted by Crippen LogP contribution is 2.28. The Morgan fingerprint density at radius 3 is 1.54 bits per heavy atom. The van der Waals surface area contributed by atoms with E-state index in [1.54, 1.807) is 60.7 Å². The lowest BCUT2D eigenvalue weighted by molar-refractivity contribution is -0.138. The second-order valence-corrected chi connectivity index (χ2v) is 12.1. The fourth-order valence-electron chi connectivity index (χ4n) is 4.91. The molecule has 0 unspecified atom stereocenters. The molecule has 0 fully saturated rings. The van der Waals surface area contributed by atoms with E-state index >= 15 is 0 Å². The Morgan fingerprint density at radius 2 is 1.04 bits per heavy atom. The molecule has 4 aromatic rings. The highest BCUT2D eigenvalue weighted by Gasteiger charge is 2.14. The number of ether oxygens (including phenoxy) is 6. The number of carbonyl (C=O) groups excluding carboxylic acids is 4. The van der Waals surface area contributed by atoms with Crippen molar-refractivity contribution in [2.45, 2.75) is 46.1 Å². The molecule has 11 nitrogen and oxygen atoms in total. The molecule has 0 spiro atoms. The topological polar surface area (TPSA) is 136 Å². The van der Waals surface area contributed by atoms with Crippen molar-refractivity contribution in [2.24, 2.45) is 0 Å². The third-order valence-electron chi connectivity index (χ3n) is 7.96. The van der Waals surface area contributed by atoms with E-state index in [1.807, 2.05) is 38.1 Å². The standard InChI is InChI=1S/C43H45NO10/c1-5-40(45)51-25-9-7-23-49-35-19-13-33(14-20-35)42(47)53-37-17-11-32(12-18-37)29-44-38-27-31(4)39(28-30(38)3)54-43(48)34-15-21-36(22-16-34)50-24-8-10-26-52-41(46)6-2/h5-6,11-22,27-28,44H,1-2,7-10,23-26,29H2,3-4H3. The quantitative estimate of drug-likeness (QED) is 0.0385. The number of unbranched alkanes of at least 4 members (excludes halogenated alkanes) is 2.